The van der Waals surface area contributed by atoms with Gasteiger partial charge in [0.15, 0.2) is 0 Å². The molecule has 2 aromatic heterocycles. The second-order valence-electron chi connectivity index (χ2n) is 1.94. The van der Waals surface area contributed by atoms with Gasteiger partial charge in [0, 0.05) is 12.4 Å². The van der Waals surface area contributed by atoms with Crippen LogP contribution in [0.4, 0.5) is 5.00 Å². The van der Waals surface area contributed by atoms with Crippen LogP contribution in [0.15, 0.2) is 18.5 Å². The van der Waals surface area contributed by atoms with Crippen LogP contribution in [0.1, 0.15) is 0 Å². The first kappa shape index (κ1) is 5.61. The molecule has 4 heteroatoms. The summed E-state index contributed by atoms with van der Waals surface area (Å²) in [6, 6.07) is 1.85. The van der Waals surface area contributed by atoms with Gasteiger partial charge in [-0.15, -0.1) is 0 Å². The zero-order valence-electron chi connectivity index (χ0n) is 5.11. The van der Waals surface area contributed by atoms with E-state index in [1.807, 2.05) is 6.07 Å². The largest absolute Gasteiger partial charge is 0.389 e. The summed E-state index contributed by atoms with van der Waals surface area (Å²) in [6.45, 7) is 0. The lowest BCUT2D eigenvalue weighted by Gasteiger charge is -1.84. The van der Waals surface area contributed by atoms with E-state index in [-0.39, 0.29) is 0 Å². The summed E-state index contributed by atoms with van der Waals surface area (Å²) in [5.41, 5.74) is 6.52. The van der Waals surface area contributed by atoms with Crippen LogP contribution in [0.5, 0.6) is 0 Å². The van der Waals surface area contributed by atoms with Gasteiger partial charge in [-0.25, -0.2) is 0 Å². The fraction of sp³-hybridized carbons (Fsp3) is 0. The van der Waals surface area contributed by atoms with Crippen molar-refractivity contribution in [3.05, 3.63) is 18.5 Å². The zero-order valence-corrected chi connectivity index (χ0v) is 5.93. The molecule has 0 spiro atoms. The van der Waals surface area contributed by atoms with Crippen molar-refractivity contribution in [1.29, 1.82) is 0 Å². The highest BCUT2D eigenvalue weighted by atomic mass is 32.1. The Morgan fingerprint density at radius 3 is 3.20 bits per heavy atom. The van der Waals surface area contributed by atoms with E-state index in [1.165, 1.54) is 11.5 Å². The number of anilines is 1. The van der Waals surface area contributed by atoms with E-state index >= 15 is 0 Å². The second-order valence-corrected chi connectivity index (χ2v) is 2.74. The summed E-state index contributed by atoms with van der Waals surface area (Å²) < 4.78 is 4.09. The third-order valence-corrected chi connectivity index (χ3v) is 2.01. The average molecular weight is 151 g/mol. The highest BCUT2D eigenvalue weighted by molar-refractivity contribution is 7.11. The van der Waals surface area contributed by atoms with Gasteiger partial charge in [-0.1, -0.05) is 0 Å². The summed E-state index contributed by atoms with van der Waals surface area (Å²) in [5, 5.41) is 1.69. The van der Waals surface area contributed by atoms with Gasteiger partial charge in [0.1, 0.15) is 5.00 Å². The van der Waals surface area contributed by atoms with Gasteiger partial charge in [0.2, 0.25) is 0 Å². The molecule has 0 aliphatic rings. The van der Waals surface area contributed by atoms with Gasteiger partial charge in [-0.2, -0.15) is 4.37 Å². The van der Waals surface area contributed by atoms with Gasteiger partial charge < -0.3 is 5.73 Å². The molecule has 0 amide bonds. The van der Waals surface area contributed by atoms with E-state index in [0.29, 0.717) is 0 Å². The Morgan fingerprint density at radius 2 is 2.40 bits per heavy atom. The Balaban J connectivity index is 2.93. The molecule has 0 aliphatic carbocycles. The molecule has 2 N–H and O–H groups in total. The number of hydrogen-bond acceptors (Lipinski definition) is 4. The van der Waals surface area contributed by atoms with Crippen molar-refractivity contribution in [2.24, 2.45) is 0 Å². The Morgan fingerprint density at radius 1 is 1.50 bits per heavy atom. The number of aromatic nitrogens is 2. The van der Waals surface area contributed by atoms with Gasteiger partial charge in [0.25, 0.3) is 0 Å². The average Bonchev–Trinajstić information content (AvgIpc) is 2.34. The highest BCUT2D eigenvalue weighted by Gasteiger charge is 1.99. The third-order valence-electron chi connectivity index (χ3n) is 1.31. The minimum absolute atomic E-state index is 0.739. The maximum Gasteiger partial charge on any atom is 0.116 e. The van der Waals surface area contributed by atoms with Crippen LogP contribution >= 0.6 is 11.5 Å². The number of rotatable bonds is 0. The molecule has 0 saturated heterocycles. The third kappa shape index (κ3) is 0.657. The Kier molecular flexibility index (Phi) is 1.07. The monoisotopic (exact) mass is 151 g/mol. The van der Waals surface area contributed by atoms with E-state index in [1.54, 1.807) is 12.4 Å². The molecular formula is C6H5N3S. The first-order valence-corrected chi connectivity index (χ1v) is 3.60. The quantitative estimate of drug-likeness (QED) is 0.617. The molecule has 2 rings (SSSR count). The molecule has 2 heterocycles. The molecule has 50 valence electrons. The minimum Gasteiger partial charge on any atom is -0.389 e. The smallest absolute Gasteiger partial charge is 0.116 e. The number of nitrogen functional groups attached to an aromatic ring is 1. The van der Waals surface area contributed by atoms with Crippen LogP contribution < -0.4 is 5.73 Å². The van der Waals surface area contributed by atoms with E-state index in [9.17, 15) is 0 Å². The Hall–Kier alpha value is -1.16. The fourth-order valence-electron chi connectivity index (χ4n) is 0.804. The summed E-state index contributed by atoms with van der Waals surface area (Å²) >= 11 is 1.31. The molecular weight excluding hydrogens is 146 g/mol. The van der Waals surface area contributed by atoms with E-state index in [0.717, 1.165) is 15.9 Å². The van der Waals surface area contributed by atoms with Crippen molar-refractivity contribution in [3.63, 3.8) is 0 Å². The maximum absolute atomic E-state index is 5.59. The van der Waals surface area contributed by atoms with Crippen molar-refractivity contribution in [1.82, 2.24) is 9.36 Å². The summed E-state index contributed by atoms with van der Waals surface area (Å²) in [4.78, 5) is 3.93. The molecule has 0 aromatic carbocycles. The van der Waals surface area contributed by atoms with Crippen molar-refractivity contribution >= 4 is 27.4 Å². The molecule has 0 fully saturated rings. The Labute approximate surface area is 61.7 Å². The van der Waals surface area contributed by atoms with Crippen LogP contribution in [-0.4, -0.2) is 9.36 Å². The van der Waals surface area contributed by atoms with Crippen molar-refractivity contribution < 1.29 is 0 Å². The molecule has 0 saturated carbocycles. The van der Waals surface area contributed by atoms with E-state index in [2.05, 4.69) is 9.36 Å². The number of nitrogens with two attached hydrogens (primary N) is 1. The van der Waals surface area contributed by atoms with Gasteiger partial charge in [0.05, 0.1) is 10.9 Å². The van der Waals surface area contributed by atoms with Gasteiger partial charge in [-0.05, 0) is 17.6 Å². The molecule has 0 bridgehead atoms. The van der Waals surface area contributed by atoms with Gasteiger partial charge in [-0.3, -0.25) is 4.98 Å². The van der Waals surface area contributed by atoms with Crippen LogP contribution in [0.3, 0.4) is 0 Å². The summed E-state index contributed by atoms with van der Waals surface area (Å²) in [6.07, 6.45) is 3.44. The number of nitrogens with zero attached hydrogens (tertiary/aromatic N) is 2. The van der Waals surface area contributed by atoms with Crippen LogP contribution in [0, 0.1) is 0 Å². The highest BCUT2D eigenvalue weighted by Crippen LogP contribution is 2.22. The predicted octanol–water partition coefficient (Wildman–Crippen LogP) is 1.27. The number of pyridine rings is 1. The maximum atomic E-state index is 5.59. The lowest BCUT2D eigenvalue weighted by atomic mass is 10.3. The van der Waals surface area contributed by atoms with E-state index in [4.69, 9.17) is 5.73 Å². The van der Waals surface area contributed by atoms with Crippen molar-refractivity contribution in [2.45, 2.75) is 0 Å². The molecule has 0 unspecified atom stereocenters. The number of fused-ring (bicyclic) bond motifs is 1. The lowest BCUT2D eigenvalue weighted by Crippen LogP contribution is -1.78. The molecule has 3 nitrogen and oxygen atoms in total. The molecule has 0 aliphatic heterocycles. The molecule has 0 radical (unpaired) electrons. The minimum atomic E-state index is 0.739. The van der Waals surface area contributed by atoms with E-state index < -0.39 is 0 Å². The molecule has 10 heavy (non-hydrogen) atoms. The normalized spacial score (nSPS) is 10.4. The SMILES string of the molecule is Nc1snc2ccncc12. The number of hydrogen-bond donors (Lipinski definition) is 1. The Bertz CT molecular complexity index is 355. The summed E-state index contributed by atoms with van der Waals surface area (Å²) in [7, 11) is 0. The lowest BCUT2D eigenvalue weighted by molar-refractivity contribution is 1.36. The second kappa shape index (κ2) is 1.91. The zero-order chi connectivity index (χ0) is 6.97. The van der Waals surface area contributed by atoms with Crippen molar-refractivity contribution in [2.75, 3.05) is 5.73 Å². The fourth-order valence-corrected chi connectivity index (χ4v) is 1.42. The molecule has 0 atom stereocenters. The van der Waals surface area contributed by atoms with Crippen LogP contribution in [-0.2, 0) is 0 Å². The van der Waals surface area contributed by atoms with Gasteiger partial charge >= 0.3 is 0 Å². The van der Waals surface area contributed by atoms with Crippen LogP contribution in [0.2, 0.25) is 0 Å². The first-order valence-electron chi connectivity index (χ1n) is 2.83. The van der Waals surface area contributed by atoms with Crippen LogP contribution in [0.25, 0.3) is 10.9 Å². The summed E-state index contributed by atoms with van der Waals surface area (Å²) in [5.74, 6) is 0. The topological polar surface area (TPSA) is 51.8 Å². The first-order chi connectivity index (χ1) is 4.88. The molecule has 2 aromatic rings. The standard InChI is InChI=1S/C6H5N3S/c7-6-4-3-8-2-1-5(4)9-10-6/h1-3H,7H2. The predicted molar refractivity (Wildman–Crippen MR) is 41.8 cm³/mol. The van der Waals surface area contributed by atoms with Crippen molar-refractivity contribution in [3.8, 4) is 0 Å².